The van der Waals surface area contributed by atoms with E-state index < -0.39 is 10.0 Å². The van der Waals surface area contributed by atoms with Gasteiger partial charge in [-0.1, -0.05) is 6.92 Å². The van der Waals surface area contributed by atoms with Gasteiger partial charge in [-0.15, -0.1) is 0 Å². The van der Waals surface area contributed by atoms with Crippen LogP contribution in [0.3, 0.4) is 0 Å². The van der Waals surface area contributed by atoms with Crippen LogP contribution in [0.2, 0.25) is 0 Å². The van der Waals surface area contributed by atoms with Gasteiger partial charge in [0.05, 0.1) is 4.90 Å². The fourth-order valence-corrected chi connectivity index (χ4v) is 3.86. The Balaban J connectivity index is 2.84. The fourth-order valence-electron chi connectivity index (χ4n) is 1.68. The number of H-pyrrole nitrogens is 1. The van der Waals surface area contributed by atoms with Crippen molar-refractivity contribution in [3.05, 3.63) is 18.0 Å². The SMILES string of the molecule is CCNCc1cc(S(=O)(=O)N(C)C(C)CSC)c[nH]1. The molecule has 110 valence electrons. The minimum atomic E-state index is -3.40. The molecule has 0 spiro atoms. The topological polar surface area (TPSA) is 65.2 Å². The van der Waals surface area contributed by atoms with E-state index in [0.29, 0.717) is 11.4 Å². The van der Waals surface area contributed by atoms with Crippen molar-refractivity contribution in [3.63, 3.8) is 0 Å². The second-order valence-electron chi connectivity index (χ2n) is 4.47. The van der Waals surface area contributed by atoms with Gasteiger partial charge in [0, 0.05) is 37.3 Å². The molecule has 1 heterocycles. The molecule has 1 unspecified atom stereocenters. The first-order valence-electron chi connectivity index (χ1n) is 6.28. The Morgan fingerprint density at radius 1 is 1.53 bits per heavy atom. The third-order valence-corrected chi connectivity index (χ3v) is 5.75. The summed E-state index contributed by atoms with van der Waals surface area (Å²) in [7, 11) is -1.77. The second kappa shape index (κ2) is 7.33. The third-order valence-electron chi connectivity index (χ3n) is 2.99. The first-order valence-corrected chi connectivity index (χ1v) is 9.11. The summed E-state index contributed by atoms with van der Waals surface area (Å²) in [5.74, 6) is 0.782. The van der Waals surface area contributed by atoms with Crippen LogP contribution in [-0.4, -0.2) is 49.3 Å². The van der Waals surface area contributed by atoms with E-state index in [-0.39, 0.29) is 6.04 Å². The van der Waals surface area contributed by atoms with Gasteiger partial charge in [0.25, 0.3) is 0 Å². The summed E-state index contributed by atoms with van der Waals surface area (Å²) < 4.78 is 26.3. The summed E-state index contributed by atoms with van der Waals surface area (Å²) in [6.45, 7) is 5.43. The van der Waals surface area contributed by atoms with Crippen LogP contribution < -0.4 is 5.32 Å². The summed E-state index contributed by atoms with van der Waals surface area (Å²) >= 11 is 1.64. The minimum Gasteiger partial charge on any atom is -0.363 e. The Kier molecular flexibility index (Phi) is 6.38. The standard InChI is InChI=1S/C12H23N3O2S2/c1-5-13-7-11-6-12(8-14-11)19(16,17)15(3)10(2)9-18-4/h6,8,10,13-14H,5,7,9H2,1-4H3. The van der Waals surface area contributed by atoms with E-state index in [9.17, 15) is 8.42 Å². The number of hydrogen-bond donors (Lipinski definition) is 2. The molecule has 1 aromatic rings. The molecule has 0 saturated heterocycles. The molecule has 0 saturated carbocycles. The van der Waals surface area contributed by atoms with Gasteiger partial charge < -0.3 is 10.3 Å². The van der Waals surface area contributed by atoms with Gasteiger partial charge in [0.1, 0.15) is 0 Å². The Morgan fingerprint density at radius 2 is 2.21 bits per heavy atom. The summed E-state index contributed by atoms with van der Waals surface area (Å²) in [6, 6.07) is 1.67. The fraction of sp³-hybridized carbons (Fsp3) is 0.667. The van der Waals surface area contributed by atoms with Crippen molar-refractivity contribution < 1.29 is 8.42 Å². The van der Waals surface area contributed by atoms with E-state index in [4.69, 9.17) is 0 Å². The molecule has 0 bridgehead atoms. The zero-order valence-electron chi connectivity index (χ0n) is 11.9. The van der Waals surface area contributed by atoms with Crippen LogP contribution in [-0.2, 0) is 16.6 Å². The highest BCUT2D eigenvalue weighted by molar-refractivity contribution is 7.98. The zero-order chi connectivity index (χ0) is 14.5. The number of rotatable bonds is 8. The van der Waals surface area contributed by atoms with Crippen molar-refractivity contribution in [2.24, 2.45) is 0 Å². The minimum absolute atomic E-state index is 0.0212. The summed E-state index contributed by atoms with van der Waals surface area (Å²) in [6.07, 6.45) is 3.53. The van der Waals surface area contributed by atoms with Crippen molar-refractivity contribution in [3.8, 4) is 0 Å². The Morgan fingerprint density at radius 3 is 2.79 bits per heavy atom. The molecule has 0 radical (unpaired) electrons. The molecule has 1 atom stereocenters. The number of nitrogens with zero attached hydrogens (tertiary/aromatic N) is 1. The molecular formula is C12H23N3O2S2. The highest BCUT2D eigenvalue weighted by Gasteiger charge is 2.25. The van der Waals surface area contributed by atoms with Crippen LogP contribution in [0, 0.1) is 0 Å². The maximum Gasteiger partial charge on any atom is 0.244 e. The van der Waals surface area contributed by atoms with Crippen molar-refractivity contribution in [2.45, 2.75) is 31.3 Å². The smallest absolute Gasteiger partial charge is 0.244 e. The lowest BCUT2D eigenvalue weighted by molar-refractivity contribution is 0.415. The van der Waals surface area contributed by atoms with E-state index in [1.165, 1.54) is 4.31 Å². The lowest BCUT2D eigenvalue weighted by Gasteiger charge is -2.22. The largest absolute Gasteiger partial charge is 0.363 e. The Hall–Kier alpha value is -0.500. The molecule has 0 aliphatic heterocycles. The van der Waals surface area contributed by atoms with Crippen molar-refractivity contribution in [1.82, 2.24) is 14.6 Å². The summed E-state index contributed by atoms with van der Waals surface area (Å²) in [4.78, 5) is 3.33. The van der Waals surface area contributed by atoms with E-state index in [0.717, 1.165) is 18.0 Å². The van der Waals surface area contributed by atoms with E-state index in [2.05, 4.69) is 10.3 Å². The molecule has 0 aliphatic rings. The first kappa shape index (κ1) is 16.6. The molecule has 2 N–H and O–H groups in total. The molecule has 19 heavy (non-hydrogen) atoms. The molecule has 1 rings (SSSR count). The summed E-state index contributed by atoms with van der Waals surface area (Å²) in [5.41, 5.74) is 0.881. The molecule has 7 heteroatoms. The van der Waals surface area contributed by atoms with E-state index in [1.54, 1.807) is 31.1 Å². The van der Waals surface area contributed by atoms with E-state index >= 15 is 0 Å². The normalized spacial score (nSPS) is 13.9. The van der Waals surface area contributed by atoms with Gasteiger partial charge in [-0.2, -0.15) is 16.1 Å². The summed E-state index contributed by atoms with van der Waals surface area (Å²) in [5, 5.41) is 3.16. The lowest BCUT2D eigenvalue weighted by Crippen LogP contribution is -2.36. The van der Waals surface area contributed by atoms with Gasteiger partial charge in [-0.25, -0.2) is 8.42 Å². The molecule has 0 aromatic carbocycles. The van der Waals surface area contributed by atoms with Gasteiger partial charge in [-0.05, 0) is 25.8 Å². The van der Waals surface area contributed by atoms with Crippen LogP contribution in [0.1, 0.15) is 19.5 Å². The molecule has 1 aromatic heterocycles. The Labute approximate surface area is 120 Å². The number of hydrogen-bond acceptors (Lipinski definition) is 4. The lowest BCUT2D eigenvalue weighted by atomic mass is 10.4. The molecule has 0 amide bonds. The van der Waals surface area contributed by atoms with E-state index in [1.807, 2.05) is 20.1 Å². The number of sulfonamides is 1. The van der Waals surface area contributed by atoms with Crippen molar-refractivity contribution >= 4 is 21.8 Å². The van der Waals surface area contributed by atoms with Crippen LogP contribution >= 0.6 is 11.8 Å². The predicted molar refractivity (Wildman–Crippen MR) is 81.0 cm³/mol. The van der Waals surface area contributed by atoms with Gasteiger partial charge >= 0.3 is 0 Å². The zero-order valence-corrected chi connectivity index (χ0v) is 13.6. The molecule has 0 fully saturated rings. The number of nitrogens with one attached hydrogen (secondary N) is 2. The average molecular weight is 305 g/mol. The molecular weight excluding hydrogens is 282 g/mol. The number of aromatic nitrogens is 1. The molecule has 0 aliphatic carbocycles. The highest BCUT2D eigenvalue weighted by atomic mass is 32.2. The number of thioether (sulfide) groups is 1. The third kappa shape index (κ3) is 4.24. The van der Waals surface area contributed by atoms with Crippen LogP contribution in [0.25, 0.3) is 0 Å². The van der Waals surface area contributed by atoms with Gasteiger partial charge in [0.2, 0.25) is 10.0 Å². The van der Waals surface area contributed by atoms with Gasteiger partial charge in [-0.3, -0.25) is 0 Å². The monoisotopic (exact) mass is 305 g/mol. The maximum absolute atomic E-state index is 12.4. The van der Waals surface area contributed by atoms with Gasteiger partial charge in [0.15, 0.2) is 0 Å². The average Bonchev–Trinajstić information content (AvgIpc) is 2.85. The highest BCUT2D eigenvalue weighted by Crippen LogP contribution is 2.18. The molecule has 5 nitrogen and oxygen atoms in total. The van der Waals surface area contributed by atoms with Crippen molar-refractivity contribution in [1.29, 1.82) is 0 Å². The van der Waals surface area contributed by atoms with Crippen molar-refractivity contribution in [2.75, 3.05) is 25.6 Å². The van der Waals surface area contributed by atoms with Crippen LogP contribution in [0.4, 0.5) is 0 Å². The predicted octanol–water partition coefficient (Wildman–Crippen LogP) is 1.50. The quantitative estimate of drug-likeness (QED) is 0.764. The van der Waals surface area contributed by atoms with Crippen LogP contribution in [0.5, 0.6) is 0 Å². The first-order chi connectivity index (χ1) is 8.93. The van der Waals surface area contributed by atoms with Crippen LogP contribution in [0.15, 0.2) is 17.2 Å². The second-order valence-corrected chi connectivity index (χ2v) is 7.37. The maximum atomic E-state index is 12.4. The number of aromatic amines is 1. The Bertz CT molecular complexity index is 485.